The lowest BCUT2D eigenvalue weighted by Crippen LogP contribution is -2.44. The molecular formula is C15H19NO5. The van der Waals surface area contributed by atoms with Gasteiger partial charge in [0.25, 0.3) is 0 Å². The quantitative estimate of drug-likeness (QED) is 0.782. The summed E-state index contributed by atoms with van der Waals surface area (Å²) >= 11 is 0. The molecule has 114 valence electrons. The van der Waals surface area contributed by atoms with Crippen molar-refractivity contribution in [1.29, 1.82) is 0 Å². The fourth-order valence-electron chi connectivity index (χ4n) is 2.54. The van der Waals surface area contributed by atoms with Crippen LogP contribution in [0.4, 0.5) is 4.79 Å². The summed E-state index contributed by atoms with van der Waals surface area (Å²) in [6.07, 6.45) is -0.412. The van der Waals surface area contributed by atoms with Crippen LogP contribution in [0.1, 0.15) is 24.8 Å². The molecule has 3 N–H and O–H groups in total. The Morgan fingerprint density at radius 2 is 1.90 bits per heavy atom. The second-order valence-corrected chi connectivity index (χ2v) is 5.30. The van der Waals surface area contributed by atoms with Gasteiger partial charge in [-0.15, -0.1) is 0 Å². The van der Waals surface area contributed by atoms with Gasteiger partial charge in [-0.05, 0) is 24.8 Å². The van der Waals surface area contributed by atoms with E-state index in [9.17, 15) is 14.7 Å². The predicted molar refractivity (Wildman–Crippen MR) is 74.5 cm³/mol. The van der Waals surface area contributed by atoms with Crippen LogP contribution < -0.4 is 5.32 Å². The van der Waals surface area contributed by atoms with E-state index < -0.39 is 24.1 Å². The Hall–Kier alpha value is -2.08. The first kappa shape index (κ1) is 15.3. The molecule has 1 aliphatic carbocycles. The number of ether oxygens (including phenoxy) is 1. The van der Waals surface area contributed by atoms with Gasteiger partial charge in [0, 0.05) is 6.04 Å². The molecule has 1 amide bonds. The Morgan fingerprint density at radius 3 is 2.57 bits per heavy atom. The molecule has 0 unspecified atom stereocenters. The number of alkyl carbamates (subject to hydrolysis) is 1. The predicted octanol–water partition coefficient (Wildman–Crippen LogP) is 1.53. The first-order chi connectivity index (χ1) is 10.0. The van der Waals surface area contributed by atoms with Gasteiger partial charge in [-0.25, -0.2) is 4.79 Å². The third-order valence-corrected chi connectivity index (χ3v) is 3.57. The lowest BCUT2D eigenvalue weighted by atomic mass is 9.84. The van der Waals surface area contributed by atoms with Crippen LogP contribution in [0, 0.1) is 5.92 Å². The molecule has 0 radical (unpaired) electrons. The summed E-state index contributed by atoms with van der Waals surface area (Å²) < 4.78 is 5.08. The highest BCUT2D eigenvalue weighted by atomic mass is 16.5. The zero-order chi connectivity index (χ0) is 15.2. The summed E-state index contributed by atoms with van der Waals surface area (Å²) in [7, 11) is 0. The van der Waals surface area contributed by atoms with Gasteiger partial charge in [-0.2, -0.15) is 0 Å². The summed E-state index contributed by atoms with van der Waals surface area (Å²) in [6.45, 7) is 0.157. The van der Waals surface area contributed by atoms with Crippen molar-refractivity contribution in [3.8, 4) is 0 Å². The maximum Gasteiger partial charge on any atom is 0.407 e. The van der Waals surface area contributed by atoms with Crippen LogP contribution in [-0.4, -0.2) is 34.4 Å². The molecule has 6 heteroatoms. The van der Waals surface area contributed by atoms with E-state index in [4.69, 9.17) is 9.84 Å². The van der Waals surface area contributed by atoms with Crippen LogP contribution >= 0.6 is 0 Å². The zero-order valence-corrected chi connectivity index (χ0v) is 11.6. The van der Waals surface area contributed by atoms with E-state index >= 15 is 0 Å². The molecule has 21 heavy (non-hydrogen) atoms. The summed E-state index contributed by atoms with van der Waals surface area (Å²) in [5, 5.41) is 21.3. The average molecular weight is 293 g/mol. The van der Waals surface area contributed by atoms with Crippen LogP contribution in [0.5, 0.6) is 0 Å². The second-order valence-electron chi connectivity index (χ2n) is 5.30. The number of carboxylic acid groups (broad SMARTS) is 1. The molecule has 3 atom stereocenters. The third kappa shape index (κ3) is 4.75. The van der Waals surface area contributed by atoms with E-state index in [0.717, 1.165) is 5.56 Å². The smallest absolute Gasteiger partial charge is 0.407 e. The highest BCUT2D eigenvalue weighted by molar-refractivity contribution is 5.71. The Kier molecular flexibility index (Phi) is 5.16. The zero-order valence-electron chi connectivity index (χ0n) is 11.6. The number of aliphatic carboxylic acids is 1. The number of carbonyl (C=O) groups excluding carboxylic acids is 1. The van der Waals surface area contributed by atoms with Crippen LogP contribution in [-0.2, 0) is 16.1 Å². The number of carboxylic acids is 1. The molecule has 0 heterocycles. The summed E-state index contributed by atoms with van der Waals surface area (Å²) in [5.74, 6) is -1.58. The number of benzene rings is 1. The van der Waals surface area contributed by atoms with Crippen molar-refractivity contribution in [3.05, 3.63) is 35.9 Å². The standard InChI is InChI=1S/C15H19NO5/c17-13-7-11(14(18)19)6-12(8-13)16-15(20)21-9-10-4-2-1-3-5-10/h1-5,11-13,17H,6-9H2,(H,16,20)(H,18,19)/t11-,12+,13-/m1/s1. The van der Waals surface area contributed by atoms with Crippen molar-refractivity contribution in [2.75, 3.05) is 0 Å². The molecule has 0 aromatic heterocycles. The van der Waals surface area contributed by atoms with E-state index in [0.29, 0.717) is 12.8 Å². The molecule has 1 saturated carbocycles. The molecular weight excluding hydrogens is 274 g/mol. The molecule has 0 saturated heterocycles. The molecule has 1 aromatic rings. The largest absolute Gasteiger partial charge is 0.481 e. The van der Waals surface area contributed by atoms with E-state index in [1.165, 1.54) is 0 Å². The average Bonchev–Trinajstić information content (AvgIpc) is 2.45. The number of amides is 1. The topological polar surface area (TPSA) is 95.9 Å². The van der Waals surface area contributed by atoms with Crippen molar-refractivity contribution in [3.63, 3.8) is 0 Å². The van der Waals surface area contributed by atoms with Gasteiger partial charge >= 0.3 is 12.1 Å². The van der Waals surface area contributed by atoms with Gasteiger partial charge < -0.3 is 20.3 Å². The van der Waals surface area contributed by atoms with E-state index in [2.05, 4.69) is 5.32 Å². The number of hydrogen-bond donors (Lipinski definition) is 3. The Balaban J connectivity index is 1.80. The van der Waals surface area contributed by atoms with Crippen molar-refractivity contribution in [2.24, 2.45) is 5.92 Å². The summed E-state index contributed by atoms with van der Waals surface area (Å²) in [5.41, 5.74) is 0.875. The monoisotopic (exact) mass is 293 g/mol. The van der Waals surface area contributed by atoms with Gasteiger partial charge in [0.1, 0.15) is 6.61 Å². The Bertz CT molecular complexity index is 490. The highest BCUT2D eigenvalue weighted by Crippen LogP contribution is 2.25. The van der Waals surface area contributed by atoms with Crippen LogP contribution in [0.3, 0.4) is 0 Å². The lowest BCUT2D eigenvalue weighted by Gasteiger charge is -2.30. The maximum absolute atomic E-state index is 11.7. The molecule has 0 spiro atoms. The normalized spacial score (nSPS) is 25.1. The molecule has 2 rings (SSSR count). The number of nitrogens with one attached hydrogen (secondary N) is 1. The minimum atomic E-state index is -0.946. The van der Waals surface area contributed by atoms with Gasteiger partial charge in [0.15, 0.2) is 0 Å². The molecule has 1 aromatic carbocycles. The van der Waals surface area contributed by atoms with E-state index in [-0.39, 0.29) is 19.1 Å². The molecule has 1 aliphatic rings. The van der Waals surface area contributed by atoms with E-state index in [1.54, 1.807) is 0 Å². The van der Waals surface area contributed by atoms with Gasteiger partial charge in [0.2, 0.25) is 0 Å². The first-order valence-electron chi connectivity index (χ1n) is 6.92. The maximum atomic E-state index is 11.7. The van der Waals surface area contributed by atoms with Crippen molar-refractivity contribution in [2.45, 2.75) is 38.0 Å². The molecule has 0 bridgehead atoms. The number of hydrogen-bond acceptors (Lipinski definition) is 4. The molecule has 1 fully saturated rings. The minimum Gasteiger partial charge on any atom is -0.481 e. The Morgan fingerprint density at radius 1 is 1.19 bits per heavy atom. The fraction of sp³-hybridized carbons (Fsp3) is 0.467. The van der Waals surface area contributed by atoms with Gasteiger partial charge in [-0.1, -0.05) is 30.3 Å². The number of rotatable bonds is 4. The van der Waals surface area contributed by atoms with Crippen molar-refractivity contribution < 1.29 is 24.5 Å². The van der Waals surface area contributed by atoms with Gasteiger partial charge in [0.05, 0.1) is 12.0 Å². The lowest BCUT2D eigenvalue weighted by molar-refractivity contribution is -0.144. The fourth-order valence-corrected chi connectivity index (χ4v) is 2.54. The summed E-state index contributed by atoms with van der Waals surface area (Å²) in [6, 6.07) is 8.89. The van der Waals surface area contributed by atoms with E-state index in [1.807, 2.05) is 30.3 Å². The number of carbonyl (C=O) groups is 2. The number of aliphatic hydroxyl groups is 1. The molecule has 6 nitrogen and oxygen atoms in total. The van der Waals surface area contributed by atoms with Crippen molar-refractivity contribution >= 4 is 12.1 Å². The SMILES string of the molecule is O=C(N[C@@H]1C[C@H](O)C[C@H](C(=O)O)C1)OCc1ccccc1. The van der Waals surface area contributed by atoms with Crippen LogP contribution in [0.15, 0.2) is 30.3 Å². The third-order valence-electron chi connectivity index (χ3n) is 3.57. The Labute approximate surface area is 122 Å². The molecule has 0 aliphatic heterocycles. The van der Waals surface area contributed by atoms with Gasteiger partial charge in [-0.3, -0.25) is 4.79 Å². The minimum absolute atomic E-state index is 0.157. The summed E-state index contributed by atoms with van der Waals surface area (Å²) in [4.78, 5) is 22.7. The number of aliphatic hydroxyl groups excluding tert-OH is 1. The highest BCUT2D eigenvalue weighted by Gasteiger charge is 2.32. The second kappa shape index (κ2) is 7.08. The first-order valence-corrected chi connectivity index (χ1v) is 6.92. The van der Waals surface area contributed by atoms with Crippen LogP contribution in [0.2, 0.25) is 0 Å². The van der Waals surface area contributed by atoms with Crippen molar-refractivity contribution in [1.82, 2.24) is 5.32 Å². The van der Waals surface area contributed by atoms with Crippen LogP contribution in [0.25, 0.3) is 0 Å².